The van der Waals surface area contributed by atoms with Gasteiger partial charge in [0.05, 0.1) is 12.8 Å². The van der Waals surface area contributed by atoms with Gasteiger partial charge in [-0.2, -0.15) is 0 Å². The summed E-state index contributed by atoms with van der Waals surface area (Å²) in [6.45, 7) is 0.480. The molecular weight excluding hydrogens is 314 g/mol. The number of hydrogen-bond acceptors (Lipinski definition) is 6. The topological polar surface area (TPSA) is 79.5 Å². The smallest absolute Gasteiger partial charge is 0.275 e. The molecular formula is C16H15N3O3S. The van der Waals surface area contributed by atoms with Gasteiger partial charge in [0.15, 0.2) is 5.69 Å². The number of amides is 1. The third kappa shape index (κ3) is 3.82. The summed E-state index contributed by atoms with van der Waals surface area (Å²) in [5.74, 6) is 0.153. The van der Waals surface area contributed by atoms with Crippen molar-refractivity contribution < 1.29 is 14.3 Å². The number of aromatic nitrogens is 2. The van der Waals surface area contributed by atoms with Gasteiger partial charge in [0.1, 0.15) is 11.9 Å². The normalized spacial score (nSPS) is 12.0. The molecule has 2 aromatic heterocycles. The summed E-state index contributed by atoms with van der Waals surface area (Å²) in [6.07, 6.45) is 0.593. The second kappa shape index (κ2) is 7.17. The maximum Gasteiger partial charge on any atom is 0.275 e. The third-order valence-electron chi connectivity index (χ3n) is 3.35. The standard InChI is InChI=1S/C16H15N3O3S/c20-14(15-7-4-8-22-15)10-19(9-12-5-2-1-3-6-12)16(21)13-11-23-18-17-13/h1-8,11,14,20H,9-10H2/t14-/m0/s1. The van der Waals surface area contributed by atoms with E-state index in [4.69, 9.17) is 4.42 Å². The predicted octanol–water partition coefficient (Wildman–Crippen LogP) is 2.51. The van der Waals surface area contributed by atoms with Crippen LogP contribution in [-0.2, 0) is 6.54 Å². The van der Waals surface area contributed by atoms with E-state index in [0.717, 1.165) is 17.1 Å². The van der Waals surface area contributed by atoms with E-state index in [9.17, 15) is 9.90 Å². The summed E-state index contributed by atoms with van der Waals surface area (Å²) in [7, 11) is 0. The van der Waals surface area contributed by atoms with Crippen LogP contribution in [0.15, 0.2) is 58.5 Å². The quantitative estimate of drug-likeness (QED) is 0.751. The molecule has 0 saturated heterocycles. The molecule has 0 aliphatic rings. The van der Waals surface area contributed by atoms with Gasteiger partial charge < -0.3 is 14.4 Å². The number of benzene rings is 1. The van der Waals surface area contributed by atoms with Crippen molar-refractivity contribution in [2.75, 3.05) is 6.54 Å². The lowest BCUT2D eigenvalue weighted by molar-refractivity contribution is 0.0558. The largest absolute Gasteiger partial charge is 0.467 e. The highest BCUT2D eigenvalue weighted by molar-refractivity contribution is 7.03. The number of aliphatic hydroxyl groups is 1. The summed E-state index contributed by atoms with van der Waals surface area (Å²) >= 11 is 1.12. The Balaban J connectivity index is 1.79. The molecule has 6 nitrogen and oxygen atoms in total. The van der Waals surface area contributed by atoms with Crippen LogP contribution >= 0.6 is 11.5 Å². The summed E-state index contributed by atoms with van der Waals surface area (Å²) in [4.78, 5) is 14.1. The summed E-state index contributed by atoms with van der Waals surface area (Å²) < 4.78 is 8.93. The van der Waals surface area contributed by atoms with Crippen molar-refractivity contribution in [3.63, 3.8) is 0 Å². The van der Waals surface area contributed by atoms with E-state index >= 15 is 0 Å². The van der Waals surface area contributed by atoms with Crippen LogP contribution in [0.25, 0.3) is 0 Å². The monoisotopic (exact) mass is 329 g/mol. The van der Waals surface area contributed by atoms with Crippen LogP contribution in [0, 0.1) is 0 Å². The third-order valence-corrected chi connectivity index (χ3v) is 3.85. The van der Waals surface area contributed by atoms with Crippen molar-refractivity contribution in [1.82, 2.24) is 14.5 Å². The van der Waals surface area contributed by atoms with E-state index in [1.54, 1.807) is 22.4 Å². The number of hydrogen-bond donors (Lipinski definition) is 1. The van der Waals surface area contributed by atoms with E-state index in [1.165, 1.54) is 6.26 Å². The van der Waals surface area contributed by atoms with Gasteiger partial charge in [-0.15, -0.1) is 5.10 Å². The molecule has 0 aliphatic heterocycles. The Morgan fingerprint density at radius 3 is 2.74 bits per heavy atom. The van der Waals surface area contributed by atoms with Gasteiger partial charge in [-0.25, -0.2) is 0 Å². The van der Waals surface area contributed by atoms with Crippen LogP contribution in [0.3, 0.4) is 0 Å². The van der Waals surface area contributed by atoms with Crippen LogP contribution in [0.1, 0.15) is 27.9 Å². The fourth-order valence-corrected chi connectivity index (χ4v) is 2.65. The Kier molecular flexibility index (Phi) is 4.80. The van der Waals surface area contributed by atoms with E-state index in [2.05, 4.69) is 9.59 Å². The lowest BCUT2D eigenvalue weighted by Gasteiger charge is -2.24. The highest BCUT2D eigenvalue weighted by atomic mass is 32.1. The van der Waals surface area contributed by atoms with Gasteiger partial charge in [-0.05, 0) is 29.2 Å². The number of aliphatic hydroxyl groups excluding tert-OH is 1. The molecule has 2 heterocycles. The lowest BCUT2D eigenvalue weighted by Crippen LogP contribution is -2.34. The second-order valence-corrected chi connectivity index (χ2v) is 5.60. The molecule has 0 saturated carbocycles. The van der Waals surface area contributed by atoms with Crippen molar-refractivity contribution >= 4 is 17.4 Å². The van der Waals surface area contributed by atoms with Crippen molar-refractivity contribution in [1.29, 1.82) is 0 Å². The minimum Gasteiger partial charge on any atom is -0.467 e. The number of furan rings is 1. The zero-order chi connectivity index (χ0) is 16.1. The first-order valence-electron chi connectivity index (χ1n) is 7.06. The zero-order valence-corrected chi connectivity index (χ0v) is 13.0. The number of carbonyl (C=O) groups is 1. The predicted molar refractivity (Wildman–Crippen MR) is 84.8 cm³/mol. The molecule has 0 aliphatic carbocycles. The van der Waals surface area contributed by atoms with E-state index in [1.807, 2.05) is 30.3 Å². The van der Waals surface area contributed by atoms with E-state index in [0.29, 0.717) is 12.3 Å². The minimum atomic E-state index is -0.899. The molecule has 23 heavy (non-hydrogen) atoms. The number of carbonyl (C=O) groups excluding carboxylic acids is 1. The van der Waals surface area contributed by atoms with Gasteiger partial charge in [0.2, 0.25) is 0 Å². The van der Waals surface area contributed by atoms with Crippen molar-refractivity contribution in [3.8, 4) is 0 Å². The fraction of sp³-hybridized carbons (Fsp3) is 0.188. The SMILES string of the molecule is O=C(c1csnn1)N(Cc1ccccc1)C[C@H](O)c1ccco1. The molecule has 1 aromatic carbocycles. The fourth-order valence-electron chi connectivity index (χ4n) is 2.22. The van der Waals surface area contributed by atoms with Crippen LogP contribution in [-0.4, -0.2) is 32.0 Å². The molecule has 1 N–H and O–H groups in total. The van der Waals surface area contributed by atoms with Gasteiger partial charge >= 0.3 is 0 Å². The maximum absolute atomic E-state index is 12.6. The first-order valence-corrected chi connectivity index (χ1v) is 7.89. The highest BCUT2D eigenvalue weighted by Gasteiger charge is 2.23. The average Bonchev–Trinajstić information content (AvgIpc) is 3.27. The first-order chi connectivity index (χ1) is 11.2. The van der Waals surface area contributed by atoms with Gasteiger partial charge in [0.25, 0.3) is 5.91 Å². The molecule has 3 rings (SSSR count). The Bertz CT molecular complexity index is 729. The molecule has 0 spiro atoms. The first kappa shape index (κ1) is 15.4. The van der Waals surface area contributed by atoms with Crippen molar-refractivity contribution in [3.05, 3.63) is 71.1 Å². The van der Waals surface area contributed by atoms with Gasteiger partial charge in [0, 0.05) is 11.9 Å². The van der Waals surface area contributed by atoms with Crippen LogP contribution in [0.2, 0.25) is 0 Å². The highest BCUT2D eigenvalue weighted by Crippen LogP contribution is 2.18. The van der Waals surface area contributed by atoms with Gasteiger partial charge in [-0.1, -0.05) is 34.8 Å². The van der Waals surface area contributed by atoms with E-state index in [-0.39, 0.29) is 18.1 Å². The number of nitrogens with zero attached hydrogens (tertiary/aromatic N) is 3. The Labute approximate surface area is 137 Å². The maximum atomic E-state index is 12.6. The molecule has 0 bridgehead atoms. The Morgan fingerprint density at radius 2 is 2.09 bits per heavy atom. The van der Waals surface area contributed by atoms with Gasteiger partial charge in [-0.3, -0.25) is 4.79 Å². The Hall–Kier alpha value is -2.51. The van der Waals surface area contributed by atoms with Crippen LogP contribution in [0.5, 0.6) is 0 Å². The van der Waals surface area contributed by atoms with Crippen LogP contribution < -0.4 is 0 Å². The molecule has 0 unspecified atom stereocenters. The summed E-state index contributed by atoms with van der Waals surface area (Å²) in [5.41, 5.74) is 1.24. The molecule has 118 valence electrons. The second-order valence-electron chi connectivity index (χ2n) is 4.99. The lowest BCUT2D eigenvalue weighted by atomic mass is 10.2. The zero-order valence-electron chi connectivity index (χ0n) is 12.2. The number of rotatable bonds is 6. The van der Waals surface area contributed by atoms with Crippen molar-refractivity contribution in [2.24, 2.45) is 0 Å². The van der Waals surface area contributed by atoms with Crippen molar-refractivity contribution in [2.45, 2.75) is 12.6 Å². The van der Waals surface area contributed by atoms with E-state index < -0.39 is 6.10 Å². The molecule has 3 aromatic rings. The Morgan fingerprint density at radius 1 is 1.26 bits per heavy atom. The minimum absolute atomic E-state index is 0.110. The molecule has 1 atom stereocenters. The van der Waals surface area contributed by atoms with Crippen LogP contribution in [0.4, 0.5) is 0 Å². The average molecular weight is 329 g/mol. The molecule has 0 radical (unpaired) electrons. The summed E-state index contributed by atoms with van der Waals surface area (Å²) in [6, 6.07) is 13.0. The molecule has 7 heteroatoms. The molecule has 1 amide bonds. The molecule has 0 fully saturated rings. The summed E-state index contributed by atoms with van der Waals surface area (Å²) in [5, 5.41) is 15.7.